The average Bonchev–Trinajstić information content (AvgIpc) is 2.39. The van der Waals surface area contributed by atoms with Crippen molar-refractivity contribution in [3.63, 3.8) is 0 Å². The summed E-state index contributed by atoms with van der Waals surface area (Å²) < 4.78 is 0. The molecule has 0 radical (unpaired) electrons. The predicted octanol–water partition coefficient (Wildman–Crippen LogP) is 2.51. The Labute approximate surface area is 94.7 Å². The van der Waals surface area contributed by atoms with E-state index in [1.807, 2.05) is 0 Å². The number of aliphatic hydroxyl groups excluding tert-OH is 1. The van der Waals surface area contributed by atoms with Crippen LogP contribution in [0.25, 0.3) is 0 Å². The second-order valence-electron chi connectivity index (χ2n) is 5.91. The van der Waals surface area contributed by atoms with E-state index in [0.29, 0.717) is 12.0 Å². The zero-order chi connectivity index (χ0) is 11.6. The van der Waals surface area contributed by atoms with E-state index in [9.17, 15) is 5.11 Å². The predicted molar refractivity (Wildman–Crippen MR) is 64.9 cm³/mol. The van der Waals surface area contributed by atoms with Crippen LogP contribution < -0.4 is 0 Å². The number of rotatable bonds is 4. The maximum Gasteiger partial charge on any atom is 0.0631 e. The van der Waals surface area contributed by atoms with Gasteiger partial charge in [-0.2, -0.15) is 0 Å². The molecule has 0 saturated heterocycles. The molecule has 0 heterocycles. The molecule has 1 saturated carbocycles. The Morgan fingerprint density at radius 1 is 1.40 bits per heavy atom. The minimum Gasteiger partial charge on any atom is -0.392 e. The summed E-state index contributed by atoms with van der Waals surface area (Å²) >= 11 is 0. The van der Waals surface area contributed by atoms with Gasteiger partial charge in [0.15, 0.2) is 0 Å². The molecule has 0 bridgehead atoms. The molecule has 2 atom stereocenters. The Morgan fingerprint density at radius 2 is 2.00 bits per heavy atom. The topological polar surface area (TPSA) is 23.5 Å². The van der Waals surface area contributed by atoms with Crippen molar-refractivity contribution < 1.29 is 5.11 Å². The third-order valence-corrected chi connectivity index (χ3v) is 4.01. The average molecular weight is 213 g/mol. The number of aliphatic hydroxyl groups is 1. The smallest absolute Gasteiger partial charge is 0.0631 e. The van der Waals surface area contributed by atoms with Crippen molar-refractivity contribution in [1.29, 1.82) is 0 Å². The molecule has 0 spiro atoms. The Kier molecular flexibility index (Phi) is 4.19. The van der Waals surface area contributed by atoms with E-state index in [-0.39, 0.29) is 11.5 Å². The number of nitrogens with zero attached hydrogens (tertiary/aromatic N) is 1. The Bertz CT molecular complexity index is 201. The lowest BCUT2D eigenvalue weighted by molar-refractivity contribution is 0.0293. The van der Waals surface area contributed by atoms with Crippen molar-refractivity contribution in [2.24, 2.45) is 11.3 Å². The summed E-state index contributed by atoms with van der Waals surface area (Å²) in [6.07, 6.45) is 2.22. The molecule has 0 aromatic rings. The minimum absolute atomic E-state index is 0.120. The molecule has 2 unspecified atom stereocenters. The van der Waals surface area contributed by atoms with Crippen molar-refractivity contribution in [2.45, 2.75) is 59.6 Å². The largest absolute Gasteiger partial charge is 0.392 e. The van der Waals surface area contributed by atoms with E-state index in [2.05, 4.69) is 39.5 Å². The first-order valence-corrected chi connectivity index (χ1v) is 6.30. The molecule has 1 aliphatic rings. The third-order valence-electron chi connectivity index (χ3n) is 4.01. The molecule has 0 aromatic carbocycles. The molecule has 1 fully saturated rings. The van der Waals surface area contributed by atoms with E-state index in [0.717, 1.165) is 19.5 Å². The molecular formula is C13H27NO. The highest BCUT2D eigenvalue weighted by Gasteiger charge is 2.41. The van der Waals surface area contributed by atoms with Gasteiger partial charge in [0.05, 0.1) is 6.10 Å². The third kappa shape index (κ3) is 2.94. The SMILES string of the molecule is CCN(CC1CCC(C)(C)C1O)C(C)C. The van der Waals surface area contributed by atoms with Crippen LogP contribution in [0.2, 0.25) is 0 Å². The van der Waals surface area contributed by atoms with Gasteiger partial charge in [-0.05, 0) is 44.6 Å². The highest BCUT2D eigenvalue weighted by molar-refractivity contribution is 4.92. The molecule has 0 amide bonds. The molecule has 0 aromatic heterocycles. The maximum absolute atomic E-state index is 10.2. The molecule has 2 heteroatoms. The van der Waals surface area contributed by atoms with E-state index >= 15 is 0 Å². The van der Waals surface area contributed by atoms with Crippen LogP contribution in [-0.2, 0) is 0 Å². The van der Waals surface area contributed by atoms with Gasteiger partial charge in [0.2, 0.25) is 0 Å². The van der Waals surface area contributed by atoms with Crippen LogP contribution >= 0.6 is 0 Å². The van der Waals surface area contributed by atoms with Gasteiger partial charge >= 0.3 is 0 Å². The molecular weight excluding hydrogens is 186 g/mol. The van der Waals surface area contributed by atoms with Crippen LogP contribution in [-0.4, -0.2) is 35.2 Å². The fourth-order valence-electron chi connectivity index (χ4n) is 2.70. The molecule has 1 aliphatic carbocycles. The summed E-state index contributed by atoms with van der Waals surface area (Å²) in [5, 5.41) is 10.2. The van der Waals surface area contributed by atoms with Crippen molar-refractivity contribution >= 4 is 0 Å². The summed E-state index contributed by atoms with van der Waals surface area (Å²) in [5.74, 6) is 0.474. The Hall–Kier alpha value is -0.0800. The highest BCUT2D eigenvalue weighted by atomic mass is 16.3. The lowest BCUT2D eigenvalue weighted by atomic mass is 9.87. The van der Waals surface area contributed by atoms with E-state index in [4.69, 9.17) is 0 Å². The van der Waals surface area contributed by atoms with Gasteiger partial charge in [0.1, 0.15) is 0 Å². The Balaban J connectivity index is 2.53. The lowest BCUT2D eigenvalue weighted by Gasteiger charge is -2.31. The molecule has 1 rings (SSSR count). The maximum atomic E-state index is 10.2. The first-order valence-electron chi connectivity index (χ1n) is 6.30. The first kappa shape index (κ1) is 13.0. The standard InChI is InChI=1S/C13H27NO/c1-6-14(10(2)3)9-11-7-8-13(4,5)12(11)15/h10-12,15H,6-9H2,1-5H3. The summed E-state index contributed by atoms with van der Waals surface area (Å²) in [5.41, 5.74) is 0.126. The second-order valence-corrected chi connectivity index (χ2v) is 5.91. The van der Waals surface area contributed by atoms with Crippen LogP contribution in [0.1, 0.15) is 47.5 Å². The van der Waals surface area contributed by atoms with Crippen molar-refractivity contribution in [1.82, 2.24) is 4.90 Å². The van der Waals surface area contributed by atoms with Gasteiger partial charge < -0.3 is 10.0 Å². The summed E-state index contributed by atoms with van der Waals surface area (Å²) in [6, 6.07) is 0.589. The van der Waals surface area contributed by atoms with Crippen LogP contribution in [0.4, 0.5) is 0 Å². The monoisotopic (exact) mass is 213 g/mol. The van der Waals surface area contributed by atoms with Crippen LogP contribution in [0, 0.1) is 11.3 Å². The van der Waals surface area contributed by atoms with Crippen LogP contribution in [0.15, 0.2) is 0 Å². The van der Waals surface area contributed by atoms with Crippen molar-refractivity contribution in [2.75, 3.05) is 13.1 Å². The highest BCUT2D eigenvalue weighted by Crippen LogP contribution is 2.41. The van der Waals surface area contributed by atoms with E-state index in [1.54, 1.807) is 0 Å². The van der Waals surface area contributed by atoms with Gasteiger partial charge in [-0.15, -0.1) is 0 Å². The van der Waals surface area contributed by atoms with Crippen LogP contribution in [0.3, 0.4) is 0 Å². The second kappa shape index (κ2) is 4.84. The number of hydrogen-bond acceptors (Lipinski definition) is 2. The minimum atomic E-state index is -0.120. The van der Waals surface area contributed by atoms with Gasteiger partial charge in [-0.1, -0.05) is 20.8 Å². The molecule has 2 nitrogen and oxygen atoms in total. The van der Waals surface area contributed by atoms with Gasteiger partial charge in [-0.3, -0.25) is 0 Å². The zero-order valence-electron chi connectivity index (χ0n) is 11.0. The van der Waals surface area contributed by atoms with Crippen LogP contribution in [0.5, 0.6) is 0 Å². The van der Waals surface area contributed by atoms with E-state index in [1.165, 1.54) is 6.42 Å². The number of hydrogen-bond donors (Lipinski definition) is 1. The molecule has 90 valence electrons. The lowest BCUT2D eigenvalue weighted by Crippen LogP contribution is -2.39. The first-order chi connectivity index (χ1) is 6.88. The fourth-order valence-corrected chi connectivity index (χ4v) is 2.70. The summed E-state index contributed by atoms with van der Waals surface area (Å²) in [4.78, 5) is 2.45. The normalized spacial score (nSPS) is 30.4. The van der Waals surface area contributed by atoms with Gasteiger partial charge in [0, 0.05) is 12.6 Å². The summed E-state index contributed by atoms with van der Waals surface area (Å²) in [6.45, 7) is 13.2. The quantitative estimate of drug-likeness (QED) is 0.775. The van der Waals surface area contributed by atoms with Crippen molar-refractivity contribution in [3.05, 3.63) is 0 Å². The van der Waals surface area contributed by atoms with Crippen molar-refractivity contribution in [3.8, 4) is 0 Å². The Morgan fingerprint density at radius 3 is 2.33 bits per heavy atom. The van der Waals surface area contributed by atoms with E-state index < -0.39 is 0 Å². The molecule has 1 N–H and O–H groups in total. The molecule has 15 heavy (non-hydrogen) atoms. The van der Waals surface area contributed by atoms with Gasteiger partial charge in [-0.25, -0.2) is 0 Å². The molecule has 0 aliphatic heterocycles. The van der Waals surface area contributed by atoms with Gasteiger partial charge in [0.25, 0.3) is 0 Å². The summed E-state index contributed by atoms with van der Waals surface area (Å²) in [7, 11) is 0. The zero-order valence-corrected chi connectivity index (χ0v) is 11.0. The fraction of sp³-hybridized carbons (Fsp3) is 1.00.